The predicted octanol–water partition coefficient (Wildman–Crippen LogP) is 3.09. The summed E-state index contributed by atoms with van der Waals surface area (Å²) in [6.07, 6.45) is 3.66. The van der Waals surface area contributed by atoms with Crippen molar-refractivity contribution in [1.82, 2.24) is 20.0 Å². The highest BCUT2D eigenvalue weighted by molar-refractivity contribution is 7.98. The number of benzene rings is 1. The number of nitrogens with one attached hydrogen (secondary N) is 2. The van der Waals surface area contributed by atoms with Crippen LogP contribution in [0.15, 0.2) is 65.1 Å². The second-order valence-electron chi connectivity index (χ2n) is 7.40. The Morgan fingerprint density at radius 3 is 2.57 bits per heavy atom. The van der Waals surface area contributed by atoms with Gasteiger partial charge >= 0.3 is 18.0 Å². The summed E-state index contributed by atoms with van der Waals surface area (Å²) in [6.45, 7) is 1.47. The van der Waals surface area contributed by atoms with Gasteiger partial charge in [0.2, 0.25) is 0 Å². The Balaban J connectivity index is 1.66. The number of aromatic nitrogens is 2. The van der Waals surface area contributed by atoms with Gasteiger partial charge in [0.15, 0.2) is 10.9 Å². The van der Waals surface area contributed by atoms with Gasteiger partial charge in [-0.2, -0.15) is 0 Å². The first-order chi connectivity index (χ1) is 17.0. The summed E-state index contributed by atoms with van der Waals surface area (Å²) in [4.78, 5) is 42.7. The Bertz CT molecular complexity index is 1300. The molecule has 2 N–H and O–H groups in total. The third-order valence-corrected chi connectivity index (χ3v) is 5.99. The number of carbonyl (C=O) groups is 3. The Kier molecular flexibility index (Phi) is 7.25. The van der Waals surface area contributed by atoms with E-state index in [-0.39, 0.29) is 30.2 Å². The molecular formula is C24H24N4O6S. The number of amides is 2. The molecule has 2 aromatic heterocycles. The third kappa shape index (κ3) is 4.94. The highest BCUT2D eigenvalue weighted by Gasteiger charge is 2.34. The van der Waals surface area contributed by atoms with Crippen LogP contribution in [0.25, 0.3) is 5.52 Å². The van der Waals surface area contributed by atoms with Crippen LogP contribution in [-0.2, 0) is 14.3 Å². The average Bonchev–Trinajstić information content (AvgIpc) is 3.26. The summed E-state index contributed by atoms with van der Waals surface area (Å²) in [5.74, 6) is -0.691. The lowest BCUT2D eigenvalue weighted by molar-refractivity contribution is -0.139. The molecule has 0 saturated carbocycles. The molecule has 10 nitrogen and oxygen atoms in total. The number of rotatable bonds is 8. The zero-order valence-corrected chi connectivity index (χ0v) is 20.2. The molecule has 4 rings (SSSR count). The second kappa shape index (κ2) is 10.5. The van der Waals surface area contributed by atoms with E-state index < -0.39 is 24.0 Å². The molecule has 11 heteroatoms. The van der Waals surface area contributed by atoms with Crippen LogP contribution < -0.4 is 15.4 Å². The van der Waals surface area contributed by atoms with Crippen LogP contribution in [0, 0.1) is 0 Å². The maximum absolute atomic E-state index is 12.9. The number of nitrogens with zero attached hydrogens (tertiary/aromatic N) is 2. The summed E-state index contributed by atoms with van der Waals surface area (Å²) >= 11 is 1.39. The number of methoxy groups -OCH3 is 1. The van der Waals surface area contributed by atoms with Gasteiger partial charge in [-0.05, 0) is 43.0 Å². The molecule has 0 fully saturated rings. The molecule has 1 aliphatic rings. The van der Waals surface area contributed by atoms with Crippen molar-refractivity contribution >= 4 is 35.2 Å². The zero-order valence-electron chi connectivity index (χ0n) is 19.4. The van der Waals surface area contributed by atoms with Crippen LogP contribution in [0.4, 0.5) is 4.79 Å². The maximum atomic E-state index is 12.9. The van der Waals surface area contributed by atoms with Crippen molar-refractivity contribution in [2.75, 3.05) is 26.6 Å². The van der Waals surface area contributed by atoms with Crippen LogP contribution in [0.1, 0.15) is 29.0 Å². The fourth-order valence-corrected chi connectivity index (χ4v) is 4.28. The molecule has 1 unspecified atom stereocenters. The summed E-state index contributed by atoms with van der Waals surface area (Å²) in [6, 6.07) is 11.0. The Hall–Kier alpha value is -3.99. The first-order valence-electron chi connectivity index (χ1n) is 10.8. The number of pyridine rings is 1. The fourth-order valence-electron chi connectivity index (χ4n) is 3.74. The maximum Gasteiger partial charge on any atom is 0.359 e. The number of urea groups is 1. The number of thioether (sulfide) groups is 1. The van der Waals surface area contributed by atoms with E-state index in [0.717, 1.165) is 0 Å². The molecule has 1 atom stereocenters. The van der Waals surface area contributed by atoms with Crippen LogP contribution in [0.5, 0.6) is 5.75 Å². The largest absolute Gasteiger partial charge is 0.497 e. The van der Waals surface area contributed by atoms with Gasteiger partial charge in [0.25, 0.3) is 0 Å². The smallest absolute Gasteiger partial charge is 0.359 e. The summed E-state index contributed by atoms with van der Waals surface area (Å²) in [5.41, 5.74) is 1.64. The SMILES string of the molecule is CCOC(=O)C1=C(COC(=O)c2nc(SC)n3ccccc23)NC(=O)NC1c1ccc(OC)cc1. The molecule has 0 aliphatic carbocycles. The minimum atomic E-state index is -0.807. The van der Waals surface area contributed by atoms with Gasteiger partial charge in [-0.25, -0.2) is 19.4 Å². The Morgan fingerprint density at radius 1 is 1.11 bits per heavy atom. The monoisotopic (exact) mass is 496 g/mol. The van der Waals surface area contributed by atoms with Crippen molar-refractivity contribution in [1.29, 1.82) is 0 Å². The molecule has 0 bridgehead atoms. The first kappa shape index (κ1) is 24.1. The Morgan fingerprint density at radius 2 is 1.89 bits per heavy atom. The molecule has 0 spiro atoms. The summed E-state index contributed by atoms with van der Waals surface area (Å²) in [7, 11) is 1.54. The standard InChI is InChI=1S/C24H24N4O6S/c1-4-33-21(29)18-16(25-23(31)26-19(18)14-8-10-15(32-2)11-9-14)13-34-22(30)20-17-7-5-6-12-28(17)24(27-20)35-3/h5-12,19H,4,13H2,1-3H3,(H2,25,26,31). The molecule has 182 valence electrons. The lowest BCUT2D eigenvalue weighted by Gasteiger charge is -2.29. The normalized spacial score (nSPS) is 15.4. The van der Waals surface area contributed by atoms with Crippen LogP contribution in [0.2, 0.25) is 0 Å². The number of fused-ring (bicyclic) bond motifs is 1. The van der Waals surface area contributed by atoms with E-state index in [9.17, 15) is 14.4 Å². The van der Waals surface area contributed by atoms with Gasteiger partial charge in [0.1, 0.15) is 12.4 Å². The summed E-state index contributed by atoms with van der Waals surface area (Å²) < 4.78 is 17.7. The number of imidazole rings is 1. The van der Waals surface area contributed by atoms with E-state index in [1.807, 2.05) is 12.3 Å². The van der Waals surface area contributed by atoms with E-state index in [1.165, 1.54) is 11.8 Å². The fraction of sp³-hybridized carbons (Fsp3) is 0.250. The number of ether oxygens (including phenoxy) is 3. The molecule has 1 aliphatic heterocycles. The number of hydrogen-bond acceptors (Lipinski definition) is 8. The van der Waals surface area contributed by atoms with E-state index >= 15 is 0 Å². The molecule has 3 heterocycles. The van der Waals surface area contributed by atoms with Crippen molar-refractivity contribution in [3.05, 3.63) is 71.2 Å². The van der Waals surface area contributed by atoms with Crippen molar-refractivity contribution in [3.8, 4) is 5.75 Å². The van der Waals surface area contributed by atoms with E-state index in [0.29, 0.717) is 22.0 Å². The van der Waals surface area contributed by atoms with Crippen LogP contribution in [0.3, 0.4) is 0 Å². The quantitative estimate of drug-likeness (QED) is 0.361. The molecular weight excluding hydrogens is 472 g/mol. The molecule has 0 radical (unpaired) electrons. The van der Waals surface area contributed by atoms with E-state index in [2.05, 4.69) is 15.6 Å². The van der Waals surface area contributed by atoms with E-state index in [1.54, 1.807) is 61.0 Å². The van der Waals surface area contributed by atoms with Gasteiger partial charge in [-0.15, -0.1) is 0 Å². The minimum absolute atomic E-state index is 0.134. The minimum Gasteiger partial charge on any atom is -0.497 e. The van der Waals surface area contributed by atoms with Crippen LogP contribution in [-0.4, -0.2) is 53.9 Å². The third-order valence-electron chi connectivity index (χ3n) is 5.34. The summed E-state index contributed by atoms with van der Waals surface area (Å²) in [5, 5.41) is 5.95. The van der Waals surface area contributed by atoms with Gasteiger partial charge < -0.3 is 24.8 Å². The lowest BCUT2D eigenvalue weighted by Crippen LogP contribution is -2.47. The van der Waals surface area contributed by atoms with Crippen molar-refractivity contribution in [2.24, 2.45) is 0 Å². The lowest BCUT2D eigenvalue weighted by atomic mass is 9.95. The first-order valence-corrected chi connectivity index (χ1v) is 12.0. The van der Waals surface area contributed by atoms with E-state index in [4.69, 9.17) is 14.2 Å². The zero-order chi connectivity index (χ0) is 24.9. The van der Waals surface area contributed by atoms with Gasteiger partial charge in [0.05, 0.1) is 36.5 Å². The predicted molar refractivity (Wildman–Crippen MR) is 128 cm³/mol. The van der Waals surface area contributed by atoms with Crippen molar-refractivity contribution < 1.29 is 28.6 Å². The highest BCUT2D eigenvalue weighted by atomic mass is 32.2. The highest BCUT2D eigenvalue weighted by Crippen LogP contribution is 2.29. The number of hydrogen-bond donors (Lipinski definition) is 2. The van der Waals surface area contributed by atoms with Gasteiger partial charge in [-0.3, -0.25) is 4.40 Å². The molecule has 1 aromatic carbocycles. The number of esters is 2. The van der Waals surface area contributed by atoms with Crippen LogP contribution >= 0.6 is 11.8 Å². The molecule has 3 aromatic rings. The Labute approximate surface area is 205 Å². The van der Waals surface area contributed by atoms with Crippen molar-refractivity contribution in [2.45, 2.75) is 18.1 Å². The molecule has 2 amide bonds. The average molecular weight is 497 g/mol. The molecule has 35 heavy (non-hydrogen) atoms. The van der Waals surface area contributed by atoms with Gasteiger partial charge in [0, 0.05) is 6.20 Å². The molecule has 0 saturated heterocycles. The van der Waals surface area contributed by atoms with Gasteiger partial charge in [-0.1, -0.05) is 30.0 Å². The number of carbonyl (C=O) groups excluding carboxylic acids is 3. The van der Waals surface area contributed by atoms with Crippen molar-refractivity contribution in [3.63, 3.8) is 0 Å². The second-order valence-corrected chi connectivity index (χ2v) is 8.17. The topological polar surface area (TPSA) is 120 Å².